The van der Waals surface area contributed by atoms with Gasteiger partial charge in [0.1, 0.15) is 0 Å². The van der Waals surface area contributed by atoms with Gasteiger partial charge in [-0.25, -0.2) is 4.99 Å². The van der Waals surface area contributed by atoms with Crippen molar-refractivity contribution in [3.05, 3.63) is 59.2 Å². The Hall–Kier alpha value is -2.49. The van der Waals surface area contributed by atoms with Gasteiger partial charge in [-0.3, -0.25) is 4.79 Å². The van der Waals surface area contributed by atoms with Gasteiger partial charge in [-0.1, -0.05) is 30.3 Å². The van der Waals surface area contributed by atoms with E-state index < -0.39 is 0 Å². The molecule has 0 aliphatic carbocycles. The number of guanidine groups is 1. The summed E-state index contributed by atoms with van der Waals surface area (Å²) in [6.45, 7) is 8.62. The van der Waals surface area contributed by atoms with Gasteiger partial charge in [0.25, 0.3) is 5.91 Å². The molecule has 0 spiro atoms. The van der Waals surface area contributed by atoms with Gasteiger partial charge in [-0.2, -0.15) is 0 Å². The number of aryl methyl sites for hydroxylation is 1. The number of hydrogen-bond acceptors (Lipinski definition) is 4. The maximum Gasteiger partial charge on any atom is 0.257 e. The molecule has 2 rings (SSSR count). The molecule has 0 aromatic heterocycles. The summed E-state index contributed by atoms with van der Waals surface area (Å²) < 4.78 is 11.0. The summed E-state index contributed by atoms with van der Waals surface area (Å²) in [7, 11) is 3.62. The Balaban J connectivity index is 0.00000512. The second kappa shape index (κ2) is 14.5. The Morgan fingerprint density at radius 1 is 1.06 bits per heavy atom. The molecule has 0 heterocycles. The van der Waals surface area contributed by atoms with Gasteiger partial charge in [0.05, 0.1) is 13.7 Å². The number of methoxy groups -OCH3 is 1. The minimum Gasteiger partial charge on any atom is -0.493 e. The Bertz CT molecular complexity index is 889. The molecular formula is C24H35IN4O3. The van der Waals surface area contributed by atoms with Crippen LogP contribution in [0.1, 0.15) is 30.5 Å². The Morgan fingerprint density at radius 3 is 2.44 bits per heavy atom. The van der Waals surface area contributed by atoms with E-state index in [9.17, 15) is 4.79 Å². The van der Waals surface area contributed by atoms with E-state index in [2.05, 4.69) is 53.6 Å². The molecule has 7 nitrogen and oxygen atoms in total. The van der Waals surface area contributed by atoms with Crippen LogP contribution in [-0.2, 0) is 17.9 Å². The largest absolute Gasteiger partial charge is 0.493 e. The molecule has 0 fully saturated rings. The lowest BCUT2D eigenvalue weighted by Gasteiger charge is -2.23. The third-order valence-corrected chi connectivity index (χ3v) is 4.74. The number of aliphatic imine (C=N–C) groups is 1. The number of halogens is 1. The minimum atomic E-state index is -0.162. The standard InChI is InChI=1S/C24H34N4O3.HI/c1-6-25-23(29)17-31-21-13-12-19(14-22(21)30-5)15-27-24(26-7-2)28(4)16-20-11-9-8-10-18(20)3;/h8-14H,6-7,15-17H2,1-5H3,(H,25,29)(H,26,27);1H. The highest BCUT2D eigenvalue weighted by molar-refractivity contribution is 14.0. The molecule has 0 aliphatic rings. The highest BCUT2D eigenvalue weighted by Crippen LogP contribution is 2.28. The first-order chi connectivity index (χ1) is 15.0. The van der Waals surface area contributed by atoms with Gasteiger partial charge in [-0.15, -0.1) is 24.0 Å². The lowest BCUT2D eigenvalue weighted by Crippen LogP contribution is -2.38. The number of amides is 1. The monoisotopic (exact) mass is 554 g/mol. The number of hydrogen-bond donors (Lipinski definition) is 2. The van der Waals surface area contributed by atoms with Gasteiger partial charge in [-0.05, 0) is 49.6 Å². The first kappa shape index (κ1) is 27.5. The van der Waals surface area contributed by atoms with Crippen molar-refractivity contribution in [3.8, 4) is 11.5 Å². The van der Waals surface area contributed by atoms with Crippen LogP contribution in [0.3, 0.4) is 0 Å². The van der Waals surface area contributed by atoms with E-state index in [-0.39, 0.29) is 36.5 Å². The summed E-state index contributed by atoms with van der Waals surface area (Å²) in [5, 5.41) is 6.06. The van der Waals surface area contributed by atoms with Crippen LogP contribution in [0.15, 0.2) is 47.5 Å². The average Bonchev–Trinajstić information content (AvgIpc) is 2.77. The molecular weight excluding hydrogens is 519 g/mol. The van der Waals surface area contributed by atoms with E-state index in [1.807, 2.05) is 32.2 Å². The van der Waals surface area contributed by atoms with Gasteiger partial charge >= 0.3 is 0 Å². The van der Waals surface area contributed by atoms with Crippen molar-refractivity contribution in [1.29, 1.82) is 0 Å². The fourth-order valence-electron chi connectivity index (χ4n) is 3.07. The highest BCUT2D eigenvalue weighted by Gasteiger charge is 2.10. The lowest BCUT2D eigenvalue weighted by atomic mass is 10.1. The molecule has 0 bridgehead atoms. The summed E-state index contributed by atoms with van der Waals surface area (Å²) in [5.41, 5.74) is 3.52. The number of carbonyl (C=O) groups excluding carboxylic acids is 1. The molecule has 2 N–H and O–H groups in total. The normalized spacial score (nSPS) is 10.7. The molecule has 0 atom stereocenters. The minimum absolute atomic E-state index is 0. The topological polar surface area (TPSA) is 75.2 Å². The summed E-state index contributed by atoms with van der Waals surface area (Å²) in [5.74, 6) is 1.78. The maximum atomic E-state index is 11.6. The number of rotatable bonds is 10. The summed E-state index contributed by atoms with van der Waals surface area (Å²) in [4.78, 5) is 18.5. The number of benzene rings is 2. The van der Waals surface area contributed by atoms with Crippen LogP contribution in [-0.4, -0.2) is 50.6 Å². The zero-order chi connectivity index (χ0) is 22.6. The van der Waals surface area contributed by atoms with Gasteiger partial charge in [0.2, 0.25) is 0 Å². The molecule has 8 heteroatoms. The SMILES string of the molecule is CCNC(=O)COc1ccc(CN=C(NCC)N(C)Cc2ccccc2C)cc1OC.I. The lowest BCUT2D eigenvalue weighted by molar-refractivity contribution is -0.123. The van der Waals surface area contributed by atoms with Gasteiger partial charge in [0, 0.05) is 26.7 Å². The predicted octanol–water partition coefficient (Wildman–Crippen LogP) is 3.73. The van der Waals surface area contributed by atoms with E-state index in [1.54, 1.807) is 7.11 Å². The highest BCUT2D eigenvalue weighted by atomic mass is 127. The van der Waals surface area contributed by atoms with Crippen molar-refractivity contribution >= 4 is 35.8 Å². The van der Waals surface area contributed by atoms with Crippen LogP contribution < -0.4 is 20.1 Å². The Kier molecular flexibility index (Phi) is 12.5. The summed E-state index contributed by atoms with van der Waals surface area (Å²) in [6, 6.07) is 14.0. The molecule has 2 aromatic carbocycles. The first-order valence-corrected chi connectivity index (χ1v) is 10.6. The van der Waals surface area contributed by atoms with Crippen LogP contribution >= 0.6 is 24.0 Å². The fourth-order valence-corrected chi connectivity index (χ4v) is 3.07. The second-order valence-corrected chi connectivity index (χ2v) is 7.18. The quantitative estimate of drug-likeness (QED) is 0.266. The number of nitrogens with one attached hydrogen (secondary N) is 2. The van der Waals surface area contributed by atoms with Crippen molar-refractivity contribution in [3.63, 3.8) is 0 Å². The van der Waals surface area contributed by atoms with Crippen LogP contribution in [0.5, 0.6) is 11.5 Å². The number of carbonyl (C=O) groups is 1. The smallest absolute Gasteiger partial charge is 0.257 e. The van der Waals surface area contributed by atoms with Crippen LogP contribution in [0.25, 0.3) is 0 Å². The van der Waals surface area contributed by atoms with Crippen molar-refractivity contribution < 1.29 is 14.3 Å². The zero-order valence-electron chi connectivity index (χ0n) is 19.6. The Labute approximate surface area is 208 Å². The van der Waals surface area contributed by atoms with Gasteiger partial charge < -0.3 is 25.0 Å². The Morgan fingerprint density at radius 2 is 1.78 bits per heavy atom. The average molecular weight is 554 g/mol. The predicted molar refractivity (Wildman–Crippen MR) is 140 cm³/mol. The van der Waals surface area contributed by atoms with Gasteiger partial charge in [0.15, 0.2) is 24.1 Å². The van der Waals surface area contributed by atoms with Crippen molar-refractivity contribution in [2.45, 2.75) is 33.9 Å². The van der Waals surface area contributed by atoms with E-state index in [0.717, 1.165) is 24.6 Å². The second-order valence-electron chi connectivity index (χ2n) is 7.18. The molecule has 0 unspecified atom stereocenters. The fraction of sp³-hybridized carbons (Fsp3) is 0.417. The molecule has 2 aromatic rings. The maximum absolute atomic E-state index is 11.6. The molecule has 0 saturated carbocycles. The van der Waals surface area contributed by atoms with E-state index in [4.69, 9.17) is 14.5 Å². The molecule has 1 amide bonds. The number of ether oxygens (including phenoxy) is 2. The summed E-state index contributed by atoms with van der Waals surface area (Å²) in [6.07, 6.45) is 0. The first-order valence-electron chi connectivity index (χ1n) is 10.6. The van der Waals surface area contributed by atoms with Crippen molar-refractivity contribution in [1.82, 2.24) is 15.5 Å². The molecule has 0 saturated heterocycles. The van der Waals surface area contributed by atoms with E-state index in [0.29, 0.717) is 24.6 Å². The van der Waals surface area contributed by atoms with Crippen LogP contribution in [0, 0.1) is 6.92 Å². The molecule has 176 valence electrons. The molecule has 0 radical (unpaired) electrons. The third kappa shape index (κ3) is 8.57. The van der Waals surface area contributed by atoms with Crippen LogP contribution in [0.4, 0.5) is 0 Å². The molecule has 0 aliphatic heterocycles. The molecule has 32 heavy (non-hydrogen) atoms. The zero-order valence-corrected chi connectivity index (χ0v) is 21.9. The van der Waals surface area contributed by atoms with Crippen molar-refractivity contribution in [2.24, 2.45) is 4.99 Å². The van der Waals surface area contributed by atoms with Crippen LogP contribution in [0.2, 0.25) is 0 Å². The van der Waals surface area contributed by atoms with E-state index >= 15 is 0 Å². The number of nitrogens with zero attached hydrogens (tertiary/aromatic N) is 2. The third-order valence-electron chi connectivity index (χ3n) is 4.74. The number of likely N-dealkylation sites (N-methyl/N-ethyl adjacent to an activating group) is 1. The van der Waals surface area contributed by atoms with Crippen molar-refractivity contribution in [2.75, 3.05) is 33.9 Å². The summed E-state index contributed by atoms with van der Waals surface area (Å²) >= 11 is 0. The van der Waals surface area contributed by atoms with E-state index in [1.165, 1.54) is 11.1 Å².